The molecule has 0 radical (unpaired) electrons. The minimum absolute atomic E-state index is 0.0927. The van der Waals surface area contributed by atoms with Crippen LogP contribution in [0.4, 0.5) is 8.78 Å². The molecule has 0 aliphatic rings. The number of alkyl halides is 1. The van der Waals surface area contributed by atoms with Crippen LogP contribution in [0.2, 0.25) is 0 Å². The zero-order valence-corrected chi connectivity index (χ0v) is 12.2. The van der Waals surface area contributed by atoms with Crippen molar-refractivity contribution in [1.29, 1.82) is 0 Å². The molecule has 0 N–H and O–H groups in total. The summed E-state index contributed by atoms with van der Waals surface area (Å²) in [5, 5.41) is 3.34. The molecular weight excluding hydrogens is 300 g/mol. The lowest BCUT2D eigenvalue weighted by Gasteiger charge is -2.08. The molecule has 110 valence electrons. The van der Waals surface area contributed by atoms with Crippen molar-refractivity contribution in [3.8, 4) is 0 Å². The van der Waals surface area contributed by atoms with Gasteiger partial charge >= 0.3 is 0 Å². The van der Waals surface area contributed by atoms with Crippen molar-refractivity contribution < 1.29 is 13.3 Å². The second-order valence-corrected chi connectivity index (χ2v) is 5.52. The van der Waals surface area contributed by atoms with Gasteiger partial charge in [-0.3, -0.25) is 0 Å². The van der Waals surface area contributed by atoms with E-state index in [0.29, 0.717) is 17.1 Å². The molecule has 0 fully saturated rings. The monoisotopic (exact) mass is 311 g/mol. The Morgan fingerprint density at radius 3 is 2.71 bits per heavy atom. The van der Waals surface area contributed by atoms with Gasteiger partial charge in [-0.15, -0.1) is 11.6 Å². The number of fused-ring (bicyclic) bond motifs is 1. The molecule has 0 aliphatic carbocycles. The average molecular weight is 312 g/mol. The smallest absolute Gasteiger partial charge is 0.156 e. The van der Waals surface area contributed by atoms with Crippen LogP contribution in [-0.2, 0) is 6.54 Å². The Morgan fingerprint density at radius 2 is 2.10 bits per heavy atom. The Kier molecular flexibility index (Phi) is 3.41. The summed E-state index contributed by atoms with van der Waals surface area (Å²) < 4.78 is 34.1. The SMILES string of the molecule is Cc1cc(Cn2c(C(C)Cl)nc3c(F)cc(F)cc32)on1. The number of benzene rings is 1. The van der Waals surface area contributed by atoms with Crippen molar-refractivity contribution in [3.05, 3.63) is 47.1 Å². The van der Waals surface area contributed by atoms with Gasteiger partial charge in [-0.1, -0.05) is 5.16 Å². The zero-order chi connectivity index (χ0) is 15.1. The van der Waals surface area contributed by atoms with Crippen LogP contribution in [0.3, 0.4) is 0 Å². The first kappa shape index (κ1) is 14.0. The van der Waals surface area contributed by atoms with Gasteiger partial charge in [-0.05, 0) is 19.9 Å². The van der Waals surface area contributed by atoms with Gasteiger partial charge in [0.1, 0.15) is 17.2 Å². The quantitative estimate of drug-likeness (QED) is 0.688. The molecule has 0 bridgehead atoms. The molecule has 0 amide bonds. The Labute approximate surface area is 124 Å². The van der Waals surface area contributed by atoms with Crippen LogP contribution in [0.1, 0.15) is 29.6 Å². The van der Waals surface area contributed by atoms with E-state index in [1.165, 1.54) is 6.07 Å². The highest BCUT2D eigenvalue weighted by atomic mass is 35.5. The number of rotatable bonds is 3. The number of nitrogens with zero attached hydrogens (tertiary/aromatic N) is 3. The van der Waals surface area contributed by atoms with Gasteiger partial charge < -0.3 is 9.09 Å². The number of aromatic nitrogens is 3. The first-order valence-electron chi connectivity index (χ1n) is 6.37. The third-order valence-electron chi connectivity index (χ3n) is 3.15. The van der Waals surface area contributed by atoms with Gasteiger partial charge in [0.15, 0.2) is 11.6 Å². The van der Waals surface area contributed by atoms with Crippen LogP contribution >= 0.6 is 11.6 Å². The number of halogens is 3. The summed E-state index contributed by atoms with van der Waals surface area (Å²) in [6.45, 7) is 3.77. The third-order valence-corrected chi connectivity index (χ3v) is 3.34. The molecule has 3 aromatic rings. The maximum Gasteiger partial charge on any atom is 0.156 e. The molecule has 1 atom stereocenters. The van der Waals surface area contributed by atoms with Gasteiger partial charge in [0.25, 0.3) is 0 Å². The van der Waals surface area contributed by atoms with Crippen molar-refractivity contribution >= 4 is 22.6 Å². The predicted molar refractivity (Wildman–Crippen MR) is 74.3 cm³/mol. The van der Waals surface area contributed by atoms with Crippen molar-refractivity contribution in [1.82, 2.24) is 14.7 Å². The fourth-order valence-corrected chi connectivity index (χ4v) is 2.45. The fraction of sp³-hybridized carbons (Fsp3) is 0.286. The molecule has 0 spiro atoms. The van der Waals surface area contributed by atoms with Crippen LogP contribution in [-0.4, -0.2) is 14.7 Å². The van der Waals surface area contributed by atoms with Gasteiger partial charge in [-0.2, -0.15) is 0 Å². The van der Waals surface area contributed by atoms with Gasteiger partial charge in [0, 0.05) is 12.1 Å². The lowest BCUT2D eigenvalue weighted by molar-refractivity contribution is 0.372. The maximum absolute atomic E-state index is 13.9. The Hall–Kier alpha value is -1.95. The Morgan fingerprint density at radius 1 is 1.33 bits per heavy atom. The average Bonchev–Trinajstić information content (AvgIpc) is 2.95. The summed E-state index contributed by atoms with van der Waals surface area (Å²) in [6, 6.07) is 3.79. The summed E-state index contributed by atoms with van der Waals surface area (Å²) in [4.78, 5) is 4.18. The van der Waals surface area contributed by atoms with Crippen molar-refractivity contribution in [3.63, 3.8) is 0 Å². The summed E-state index contributed by atoms with van der Waals surface area (Å²) in [7, 11) is 0. The minimum atomic E-state index is -0.712. The molecule has 0 saturated heterocycles. The maximum atomic E-state index is 13.9. The highest BCUT2D eigenvalue weighted by Crippen LogP contribution is 2.27. The lowest BCUT2D eigenvalue weighted by Crippen LogP contribution is -2.05. The van der Waals surface area contributed by atoms with E-state index in [-0.39, 0.29) is 12.1 Å². The highest BCUT2D eigenvalue weighted by molar-refractivity contribution is 6.20. The third kappa shape index (κ3) is 2.51. The van der Waals surface area contributed by atoms with Crippen LogP contribution in [0, 0.1) is 18.6 Å². The first-order chi connectivity index (χ1) is 9.95. The summed E-state index contributed by atoms with van der Waals surface area (Å²) in [6.07, 6.45) is 0. The van der Waals surface area contributed by atoms with E-state index < -0.39 is 17.0 Å². The zero-order valence-electron chi connectivity index (χ0n) is 11.4. The van der Waals surface area contributed by atoms with Crippen molar-refractivity contribution in [2.75, 3.05) is 0 Å². The molecule has 0 aliphatic heterocycles. The van der Waals surface area contributed by atoms with E-state index in [9.17, 15) is 8.78 Å². The molecule has 1 unspecified atom stereocenters. The fourth-order valence-electron chi connectivity index (χ4n) is 2.28. The summed E-state index contributed by atoms with van der Waals surface area (Å²) in [5.41, 5.74) is 1.16. The first-order valence-corrected chi connectivity index (χ1v) is 6.81. The Bertz CT molecular complexity index is 810. The molecule has 4 nitrogen and oxygen atoms in total. The molecule has 2 heterocycles. The molecule has 1 aromatic carbocycles. The molecule has 2 aromatic heterocycles. The van der Waals surface area contributed by atoms with E-state index in [0.717, 1.165) is 11.8 Å². The summed E-state index contributed by atoms with van der Waals surface area (Å²) in [5.74, 6) is -0.361. The van der Waals surface area contributed by atoms with E-state index in [4.69, 9.17) is 16.1 Å². The lowest BCUT2D eigenvalue weighted by atomic mass is 10.3. The second-order valence-electron chi connectivity index (χ2n) is 4.86. The number of hydrogen-bond acceptors (Lipinski definition) is 3. The van der Waals surface area contributed by atoms with Crippen LogP contribution in [0.15, 0.2) is 22.7 Å². The Balaban J connectivity index is 2.20. The molecule has 3 rings (SSSR count). The van der Waals surface area contributed by atoms with Crippen molar-refractivity contribution in [2.45, 2.75) is 25.8 Å². The van der Waals surface area contributed by atoms with Crippen LogP contribution in [0.5, 0.6) is 0 Å². The van der Waals surface area contributed by atoms with Gasteiger partial charge in [-0.25, -0.2) is 13.8 Å². The molecular formula is C14H12ClF2N3O. The highest BCUT2D eigenvalue weighted by Gasteiger charge is 2.19. The number of imidazole rings is 1. The van der Waals surface area contributed by atoms with E-state index >= 15 is 0 Å². The molecule has 7 heteroatoms. The van der Waals surface area contributed by atoms with Gasteiger partial charge in [0.2, 0.25) is 0 Å². The van der Waals surface area contributed by atoms with Crippen LogP contribution < -0.4 is 0 Å². The molecule has 0 saturated carbocycles. The largest absolute Gasteiger partial charge is 0.359 e. The topological polar surface area (TPSA) is 43.9 Å². The number of hydrogen-bond donors (Lipinski definition) is 0. The summed E-state index contributed by atoms with van der Waals surface area (Å²) >= 11 is 6.10. The van der Waals surface area contributed by atoms with Crippen molar-refractivity contribution in [2.24, 2.45) is 0 Å². The second kappa shape index (κ2) is 5.11. The van der Waals surface area contributed by atoms with Gasteiger partial charge in [0.05, 0.1) is 23.1 Å². The van der Waals surface area contributed by atoms with Crippen LogP contribution in [0.25, 0.3) is 11.0 Å². The number of aryl methyl sites for hydroxylation is 1. The van der Waals surface area contributed by atoms with E-state index in [2.05, 4.69) is 10.1 Å². The standard InChI is InChI=1S/C14H12ClF2N3O/c1-7-3-10(21-19-7)6-20-12-5-9(16)4-11(17)13(12)18-14(20)8(2)15/h3-5,8H,6H2,1-2H3. The predicted octanol–water partition coefficient (Wildman–Crippen LogP) is 3.96. The van der Waals surface area contributed by atoms with E-state index in [1.807, 2.05) is 0 Å². The van der Waals surface area contributed by atoms with E-state index in [1.54, 1.807) is 24.5 Å². The minimum Gasteiger partial charge on any atom is -0.359 e. The molecule has 21 heavy (non-hydrogen) atoms. The normalized spacial score (nSPS) is 13.0.